The molecular weight excluding hydrogens is 246 g/mol. The Morgan fingerprint density at radius 3 is 2.56 bits per heavy atom. The van der Waals surface area contributed by atoms with Crippen LogP contribution >= 0.6 is 11.3 Å². The summed E-state index contributed by atoms with van der Waals surface area (Å²) in [5.41, 5.74) is 7.73. The summed E-state index contributed by atoms with van der Waals surface area (Å²) in [5, 5.41) is 9.41. The molecule has 0 radical (unpaired) electrons. The van der Waals surface area contributed by atoms with Gasteiger partial charge in [0.15, 0.2) is 0 Å². The fourth-order valence-electron chi connectivity index (χ4n) is 2.09. The number of carboxylic acid groups (broad SMARTS) is 1. The van der Waals surface area contributed by atoms with E-state index in [1.54, 1.807) is 0 Å². The molecule has 0 aliphatic carbocycles. The highest BCUT2D eigenvalue weighted by atomic mass is 32.1. The molecule has 1 aromatic carbocycles. The molecule has 0 aliphatic rings. The number of carbonyl (C=O) groups is 1. The number of thiophene rings is 1. The maximum absolute atomic E-state index is 11.5. The molecule has 18 heavy (non-hydrogen) atoms. The second kappa shape index (κ2) is 5.33. The molecule has 0 amide bonds. The second-order valence-electron chi connectivity index (χ2n) is 4.04. The standard InChI is InChI=1S/C14H15NO2S/c1-9-12(10-5-3-2-4-6-10)13(14(16)17)11(18-9)7-8-15/h2-6H,7-8,15H2,1H3,(H,16,17). The lowest BCUT2D eigenvalue weighted by molar-refractivity contribution is 0.0697. The molecule has 4 heteroatoms. The monoisotopic (exact) mass is 261 g/mol. The maximum atomic E-state index is 11.5. The number of carboxylic acids is 1. The van der Waals surface area contributed by atoms with Gasteiger partial charge in [0.25, 0.3) is 0 Å². The van der Waals surface area contributed by atoms with Gasteiger partial charge in [-0.2, -0.15) is 0 Å². The van der Waals surface area contributed by atoms with Crippen LogP contribution in [0.2, 0.25) is 0 Å². The number of nitrogens with two attached hydrogens (primary N) is 1. The van der Waals surface area contributed by atoms with Crippen LogP contribution in [0.25, 0.3) is 11.1 Å². The summed E-state index contributed by atoms with van der Waals surface area (Å²) in [5.74, 6) is -0.873. The third-order valence-corrected chi connectivity index (χ3v) is 3.97. The molecule has 0 aliphatic heterocycles. The van der Waals surface area contributed by atoms with Crippen molar-refractivity contribution in [2.45, 2.75) is 13.3 Å². The summed E-state index contributed by atoms with van der Waals surface area (Å²) in [6.07, 6.45) is 0.611. The summed E-state index contributed by atoms with van der Waals surface area (Å²) in [4.78, 5) is 13.4. The third-order valence-electron chi connectivity index (χ3n) is 2.80. The van der Waals surface area contributed by atoms with E-state index in [2.05, 4.69) is 0 Å². The highest BCUT2D eigenvalue weighted by molar-refractivity contribution is 7.12. The lowest BCUT2D eigenvalue weighted by atomic mass is 10.00. The fraction of sp³-hybridized carbons (Fsp3) is 0.214. The zero-order valence-electron chi connectivity index (χ0n) is 10.1. The number of aryl methyl sites for hydroxylation is 1. The Morgan fingerprint density at radius 2 is 2.00 bits per heavy atom. The van der Waals surface area contributed by atoms with Gasteiger partial charge in [-0.1, -0.05) is 30.3 Å². The molecule has 0 fully saturated rings. The molecule has 0 atom stereocenters. The number of aromatic carboxylic acids is 1. The molecule has 1 heterocycles. The van der Waals surface area contributed by atoms with Crippen LogP contribution in [0.1, 0.15) is 20.1 Å². The number of rotatable bonds is 4. The first-order valence-corrected chi connectivity index (χ1v) is 6.57. The molecule has 3 nitrogen and oxygen atoms in total. The largest absolute Gasteiger partial charge is 0.478 e. The molecule has 0 saturated heterocycles. The first kappa shape index (κ1) is 12.8. The van der Waals surface area contributed by atoms with Gasteiger partial charge in [-0.3, -0.25) is 0 Å². The SMILES string of the molecule is Cc1sc(CCN)c(C(=O)O)c1-c1ccccc1. The van der Waals surface area contributed by atoms with Crippen molar-refractivity contribution >= 4 is 17.3 Å². The highest BCUT2D eigenvalue weighted by Gasteiger charge is 2.21. The van der Waals surface area contributed by atoms with E-state index >= 15 is 0 Å². The summed E-state index contributed by atoms with van der Waals surface area (Å²) in [6.45, 7) is 2.42. The van der Waals surface area contributed by atoms with Crippen LogP contribution in [0.5, 0.6) is 0 Å². The van der Waals surface area contributed by atoms with E-state index in [9.17, 15) is 9.90 Å². The van der Waals surface area contributed by atoms with Gasteiger partial charge in [-0.05, 0) is 25.5 Å². The van der Waals surface area contributed by atoms with Crippen LogP contribution < -0.4 is 5.73 Å². The quantitative estimate of drug-likeness (QED) is 0.889. The average Bonchev–Trinajstić information content (AvgIpc) is 2.67. The molecular formula is C14H15NO2S. The molecule has 2 rings (SSSR count). The van der Waals surface area contributed by atoms with E-state index < -0.39 is 5.97 Å². The van der Waals surface area contributed by atoms with Crippen molar-refractivity contribution in [1.82, 2.24) is 0 Å². The predicted molar refractivity (Wildman–Crippen MR) is 74.2 cm³/mol. The van der Waals surface area contributed by atoms with Crippen LogP contribution in [-0.4, -0.2) is 17.6 Å². The number of hydrogen-bond acceptors (Lipinski definition) is 3. The smallest absolute Gasteiger partial charge is 0.337 e. The first-order valence-electron chi connectivity index (χ1n) is 5.76. The van der Waals surface area contributed by atoms with Crippen molar-refractivity contribution in [3.63, 3.8) is 0 Å². The van der Waals surface area contributed by atoms with E-state index in [0.717, 1.165) is 20.9 Å². The van der Waals surface area contributed by atoms with E-state index in [1.165, 1.54) is 11.3 Å². The zero-order valence-corrected chi connectivity index (χ0v) is 11.0. The Balaban J connectivity index is 2.63. The Bertz CT molecular complexity index is 561. The second-order valence-corrected chi connectivity index (χ2v) is 5.35. The number of benzene rings is 1. The maximum Gasteiger partial charge on any atom is 0.337 e. The van der Waals surface area contributed by atoms with Crippen LogP contribution in [0.3, 0.4) is 0 Å². The van der Waals surface area contributed by atoms with Crippen molar-refractivity contribution in [2.75, 3.05) is 6.54 Å². The van der Waals surface area contributed by atoms with Gasteiger partial charge in [-0.15, -0.1) is 11.3 Å². The van der Waals surface area contributed by atoms with Gasteiger partial charge in [0.05, 0.1) is 5.56 Å². The molecule has 1 aromatic heterocycles. The summed E-state index contributed by atoms with van der Waals surface area (Å²) < 4.78 is 0. The molecule has 0 spiro atoms. The summed E-state index contributed by atoms with van der Waals surface area (Å²) in [7, 11) is 0. The van der Waals surface area contributed by atoms with Crippen LogP contribution in [0.4, 0.5) is 0 Å². The minimum Gasteiger partial charge on any atom is -0.478 e. The predicted octanol–water partition coefficient (Wildman–Crippen LogP) is 2.92. The topological polar surface area (TPSA) is 63.3 Å². The van der Waals surface area contributed by atoms with Gasteiger partial charge in [0.1, 0.15) is 0 Å². The Kier molecular flexibility index (Phi) is 3.79. The van der Waals surface area contributed by atoms with Crippen molar-refractivity contribution in [3.05, 3.63) is 45.6 Å². The number of hydrogen-bond donors (Lipinski definition) is 2. The van der Waals surface area contributed by atoms with Crippen LogP contribution in [0.15, 0.2) is 30.3 Å². The highest BCUT2D eigenvalue weighted by Crippen LogP contribution is 2.36. The van der Waals surface area contributed by atoms with Crippen molar-refractivity contribution in [1.29, 1.82) is 0 Å². The van der Waals surface area contributed by atoms with Crippen molar-refractivity contribution in [3.8, 4) is 11.1 Å². The molecule has 0 unspecified atom stereocenters. The average molecular weight is 261 g/mol. The van der Waals surface area contributed by atoms with Gasteiger partial charge >= 0.3 is 5.97 Å². The zero-order chi connectivity index (χ0) is 13.1. The van der Waals surface area contributed by atoms with Crippen LogP contribution in [-0.2, 0) is 6.42 Å². The van der Waals surface area contributed by atoms with E-state index in [1.807, 2.05) is 37.3 Å². The van der Waals surface area contributed by atoms with E-state index in [4.69, 9.17) is 5.73 Å². The Hall–Kier alpha value is -1.65. The van der Waals surface area contributed by atoms with Gasteiger partial charge in [-0.25, -0.2) is 4.79 Å². The van der Waals surface area contributed by atoms with Crippen molar-refractivity contribution < 1.29 is 9.90 Å². The lowest BCUT2D eigenvalue weighted by Crippen LogP contribution is -2.06. The molecule has 3 N–H and O–H groups in total. The Morgan fingerprint density at radius 1 is 1.33 bits per heavy atom. The minimum atomic E-state index is -0.873. The van der Waals surface area contributed by atoms with Gasteiger partial charge in [0, 0.05) is 15.3 Å². The minimum absolute atomic E-state index is 0.411. The fourth-order valence-corrected chi connectivity index (χ4v) is 3.29. The Labute approximate surface area is 110 Å². The summed E-state index contributed by atoms with van der Waals surface area (Å²) >= 11 is 1.53. The van der Waals surface area contributed by atoms with Gasteiger partial charge in [0.2, 0.25) is 0 Å². The van der Waals surface area contributed by atoms with E-state index in [0.29, 0.717) is 18.5 Å². The lowest BCUT2D eigenvalue weighted by Gasteiger charge is -2.04. The molecule has 0 bridgehead atoms. The van der Waals surface area contributed by atoms with Crippen LogP contribution in [0, 0.1) is 6.92 Å². The first-order chi connectivity index (χ1) is 8.65. The van der Waals surface area contributed by atoms with Crippen molar-refractivity contribution in [2.24, 2.45) is 5.73 Å². The molecule has 94 valence electrons. The molecule has 0 saturated carbocycles. The van der Waals surface area contributed by atoms with E-state index in [-0.39, 0.29) is 0 Å². The van der Waals surface area contributed by atoms with Gasteiger partial charge < -0.3 is 10.8 Å². The molecule has 2 aromatic rings. The summed E-state index contributed by atoms with van der Waals surface area (Å²) in [6, 6.07) is 9.63. The normalized spacial score (nSPS) is 10.6. The third kappa shape index (κ3) is 2.30.